The van der Waals surface area contributed by atoms with Gasteiger partial charge >= 0.3 is 0 Å². The van der Waals surface area contributed by atoms with Gasteiger partial charge in [-0.3, -0.25) is 0 Å². The van der Waals surface area contributed by atoms with Crippen LogP contribution in [0.4, 0.5) is 5.69 Å². The molecule has 0 radical (unpaired) electrons. The van der Waals surface area contributed by atoms with E-state index in [0.29, 0.717) is 12.3 Å². The van der Waals surface area contributed by atoms with Crippen LogP contribution in [0.3, 0.4) is 0 Å². The van der Waals surface area contributed by atoms with Crippen molar-refractivity contribution in [2.75, 3.05) is 5.17 Å². The normalized spacial score (nSPS) is 10.1. The fourth-order valence-electron chi connectivity index (χ4n) is 1.60. The molecule has 0 N–H and O–H groups in total. The standard InChI is InChI=1S/C14H14N2O2/c1-12-6-5-9-14(10-12)16(15-17)18-11-13-7-3-2-4-8-13/h2-10H,11H2,1H3. The largest absolute Gasteiger partial charge is 0.245 e. The van der Waals surface area contributed by atoms with Gasteiger partial charge in [0.2, 0.25) is 0 Å². The Hall–Kier alpha value is -2.20. The Bertz CT molecular complexity index is 514. The van der Waals surface area contributed by atoms with Gasteiger partial charge in [-0.15, -0.1) is 10.1 Å². The van der Waals surface area contributed by atoms with Crippen LogP contribution in [-0.2, 0) is 11.4 Å². The number of benzene rings is 2. The Balaban J connectivity index is 2.04. The highest BCUT2D eigenvalue weighted by molar-refractivity contribution is 5.45. The lowest BCUT2D eigenvalue weighted by Crippen LogP contribution is -2.15. The summed E-state index contributed by atoms with van der Waals surface area (Å²) in [7, 11) is 0. The van der Waals surface area contributed by atoms with E-state index in [4.69, 9.17) is 4.84 Å². The van der Waals surface area contributed by atoms with Crippen molar-refractivity contribution in [2.24, 2.45) is 5.29 Å². The first-order valence-electron chi connectivity index (χ1n) is 5.66. The number of aryl methyl sites for hydroxylation is 1. The number of hydrogen-bond acceptors (Lipinski definition) is 3. The molecule has 92 valence electrons. The fourth-order valence-corrected chi connectivity index (χ4v) is 1.60. The van der Waals surface area contributed by atoms with Crippen molar-refractivity contribution >= 4 is 5.69 Å². The van der Waals surface area contributed by atoms with Crippen LogP contribution in [0.5, 0.6) is 0 Å². The molecular weight excluding hydrogens is 228 g/mol. The molecule has 4 heteroatoms. The monoisotopic (exact) mass is 242 g/mol. The van der Waals surface area contributed by atoms with Crippen LogP contribution in [0.1, 0.15) is 11.1 Å². The predicted molar refractivity (Wildman–Crippen MR) is 70.7 cm³/mol. The third kappa shape index (κ3) is 3.15. The molecule has 2 rings (SSSR count). The smallest absolute Gasteiger partial charge is 0.102 e. The molecule has 0 heterocycles. The van der Waals surface area contributed by atoms with E-state index >= 15 is 0 Å². The van der Waals surface area contributed by atoms with E-state index in [1.54, 1.807) is 6.07 Å². The Morgan fingerprint density at radius 2 is 1.89 bits per heavy atom. The lowest BCUT2D eigenvalue weighted by atomic mass is 10.2. The fraction of sp³-hybridized carbons (Fsp3) is 0.143. The minimum atomic E-state index is 0.306. The second-order valence-corrected chi connectivity index (χ2v) is 3.95. The van der Waals surface area contributed by atoms with Crippen molar-refractivity contribution in [1.82, 2.24) is 0 Å². The van der Waals surface area contributed by atoms with Gasteiger partial charge in [-0.25, -0.2) is 4.84 Å². The summed E-state index contributed by atoms with van der Waals surface area (Å²) in [5.74, 6) is 0. The third-order valence-corrected chi connectivity index (χ3v) is 2.49. The van der Waals surface area contributed by atoms with E-state index in [1.165, 1.54) is 0 Å². The highest BCUT2D eigenvalue weighted by atomic mass is 16.7. The second kappa shape index (κ2) is 5.93. The van der Waals surface area contributed by atoms with Gasteiger partial charge in [-0.2, -0.15) is 0 Å². The molecule has 18 heavy (non-hydrogen) atoms. The first-order chi connectivity index (χ1) is 8.79. The van der Waals surface area contributed by atoms with Crippen molar-refractivity contribution < 1.29 is 4.84 Å². The summed E-state index contributed by atoms with van der Waals surface area (Å²) in [6.45, 7) is 2.25. The molecule has 0 aliphatic rings. The number of rotatable bonds is 5. The molecule has 0 atom stereocenters. The second-order valence-electron chi connectivity index (χ2n) is 3.95. The van der Waals surface area contributed by atoms with Gasteiger partial charge in [0.25, 0.3) is 0 Å². The van der Waals surface area contributed by atoms with E-state index in [1.807, 2.05) is 55.5 Å². The van der Waals surface area contributed by atoms with E-state index in [9.17, 15) is 4.91 Å². The molecule has 0 fully saturated rings. The van der Waals surface area contributed by atoms with Crippen LogP contribution in [-0.4, -0.2) is 0 Å². The van der Waals surface area contributed by atoms with E-state index < -0.39 is 0 Å². The molecule has 2 aromatic rings. The summed E-state index contributed by atoms with van der Waals surface area (Å²) in [6.07, 6.45) is 0. The molecule has 0 aromatic heterocycles. The molecule has 0 saturated carbocycles. The van der Waals surface area contributed by atoms with Crippen molar-refractivity contribution in [3.8, 4) is 0 Å². The van der Waals surface area contributed by atoms with Crippen molar-refractivity contribution in [3.05, 3.63) is 70.6 Å². The van der Waals surface area contributed by atoms with E-state index in [2.05, 4.69) is 5.29 Å². The van der Waals surface area contributed by atoms with Gasteiger partial charge < -0.3 is 0 Å². The van der Waals surface area contributed by atoms with Crippen molar-refractivity contribution in [3.63, 3.8) is 0 Å². The minimum Gasteiger partial charge on any atom is -0.245 e. The zero-order valence-electron chi connectivity index (χ0n) is 10.1. The van der Waals surface area contributed by atoms with Crippen molar-refractivity contribution in [1.29, 1.82) is 0 Å². The topological polar surface area (TPSA) is 41.9 Å². The van der Waals surface area contributed by atoms with Crippen LogP contribution in [0, 0.1) is 11.8 Å². The number of nitroso groups, excluding NO2 is 1. The average Bonchev–Trinajstić information content (AvgIpc) is 2.41. The Kier molecular flexibility index (Phi) is 4.04. The van der Waals surface area contributed by atoms with E-state index in [-0.39, 0.29) is 0 Å². The third-order valence-electron chi connectivity index (χ3n) is 2.49. The predicted octanol–water partition coefficient (Wildman–Crippen LogP) is 3.61. The van der Waals surface area contributed by atoms with Crippen molar-refractivity contribution in [2.45, 2.75) is 13.5 Å². The lowest BCUT2D eigenvalue weighted by Gasteiger charge is -2.14. The summed E-state index contributed by atoms with van der Waals surface area (Å²) in [6, 6.07) is 17.1. The van der Waals surface area contributed by atoms with Gasteiger partial charge in [0, 0.05) is 0 Å². The summed E-state index contributed by atoms with van der Waals surface area (Å²) in [5, 5.41) is 3.88. The highest BCUT2D eigenvalue weighted by Gasteiger charge is 2.07. The van der Waals surface area contributed by atoms with Gasteiger partial charge in [-0.05, 0) is 30.2 Å². The van der Waals surface area contributed by atoms with Gasteiger partial charge in [-0.1, -0.05) is 42.5 Å². The Morgan fingerprint density at radius 3 is 2.56 bits per heavy atom. The Morgan fingerprint density at radius 1 is 1.11 bits per heavy atom. The summed E-state index contributed by atoms with van der Waals surface area (Å²) in [4.78, 5) is 16.2. The van der Waals surface area contributed by atoms with Crippen LogP contribution >= 0.6 is 0 Å². The SMILES string of the molecule is Cc1cccc(N(N=O)OCc2ccccc2)c1. The Labute approximate surface area is 106 Å². The molecule has 0 aliphatic heterocycles. The molecule has 4 nitrogen and oxygen atoms in total. The molecule has 0 amide bonds. The molecule has 0 saturated heterocycles. The maximum atomic E-state index is 10.8. The molecule has 0 aliphatic carbocycles. The zero-order chi connectivity index (χ0) is 12.8. The molecule has 2 aromatic carbocycles. The number of nitrogens with zero attached hydrogens (tertiary/aromatic N) is 2. The van der Waals surface area contributed by atoms with Crippen LogP contribution in [0.2, 0.25) is 0 Å². The molecule has 0 bridgehead atoms. The molecule has 0 unspecified atom stereocenters. The lowest BCUT2D eigenvalue weighted by molar-refractivity contribution is 0.0952. The summed E-state index contributed by atoms with van der Waals surface area (Å²) in [5.41, 5.74) is 2.66. The summed E-state index contributed by atoms with van der Waals surface area (Å²) < 4.78 is 0. The van der Waals surface area contributed by atoms with Gasteiger partial charge in [0.05, 0.1) is 11.0 Å². The first kappa shape index (κ1) is 12.3. The van der Waals surface area contributed by atoms with Crippen LogP contribution in [0.15, 0.2) is 59.9 Å². The summed E-state index contributed by atoms with van der Waals surface area (Å²) >= 11 is 0. The average molecular weight is 242 g/mol. The van der Waals surface area contributed by atoms with Crippen LogP contribution < -0.4 is 5.17 Å². The maximum absolute atomic E-state index is 10.8. The maximum Gasteiger partial charge on any atom is 0.102 e. The number of hydrogen-bond donors (Lipinski definition) is 0. The minimum absolute atomic E-state index is 0.306. The van der Waals surface area contributed by atoms with Gasteiger partial charge in [0.1, 0.15) is 6.61 Å². The van der Waals surface area contributed by atoms with E-state index in [0.717, 1.165) is 16.3 Å². The molecular formula is C14H14N2O2. The van der Waals surface area contributed by atoms with Crippen LogP contribution in [0.25, 0.3) is 0 Å². The number of anilines is 1. The zero-order valence-corrected chi connectivity index (χ0v) is 10.1. The highest BCUT2D eigenvalue weighted by Crippen LogP contribution is 2.17. The van der Waals surface area contributed by atoms with Gasteiger partial charge in [0.15, 0.2) is 0 Å². The quantitative estimate of drug-likeness (QED) is 0.594. The molecule has 0 spiro atoms. The first-order valence-corrected chi connectivity index (χ1v) is 5.66.